The highest BCUT2D eigenvalue weighted by molar-refractivity contribution is 6.35. The van der Waals surface area contributed by atoms with E-state index in [9.17, 15) is 4.79 Å². The van der Waals surface area contributed by atoms with E-state index in [1.54, 1.807) is 19.2 Å². The third-order valence-corrected chi connectivity index (χ3v) is 4.76. The van der Waals surface area contributed by atoms with Crippen LogP contribution in [0.3, 0.4) is 0 Å². The first kappa shape index (κ1) is 15.4. The molecule has 0 N–H and O–H groups in total. The van der Waals surface area contributed by atoms with Crippen LogP contribution in [0.4, 0.5) is 0 Å². The molecule has 2 atom stereocenters. The molecule has 0 spiro atoms. The number of hydrogen-bond donors (Lipinski definition) is 0. The molecule has 1 saturated carbocycles. The number of ketones is 1. The lowest BCUT2D eigenvalue weighted by atomic mass is 9.73. The standard InChI is InChI=1S/C18H16Cl2O2/c1-22-15-6-7-16-11(9-15)2-3-13(18(16)21)8-12-4-5-14(19)10-17(12)20/h4-11,16H,2-3H2,1H3/b13-8+. The summed E-state index contributed by atoms with van der Waals surface area (Å²) in [5, 5.41) is 1.16. The van der Waals surface area contributed by atoms with Crippen molar-refractivity contribution in [2.75, 3.05) is 7.11 Å². The monoisotopic (exact) mass is 334 g/mol. The molecule has 4 heteroatoms. The average molecular weight is 335 g/mol. The SMILES string of the molecule is COC1=CC2CC/C(=C\c3ccc(Cl)cc3Cl)C(=O)C2C=C1. The predicted octanol–water partition coefficient (Wildman–Crippen LogP) is 5.07. The topological polar surface area (TPSA) is 26.3 Å². The lowest BCUT2D eigenvalue weighted by Crippen LogP contribution is -2.29. The van der Waals surface area contributed by atoms with Crippen molar-refractivity contribution in [3.05, 3.63) is 63.4 Å². The Morgan fingerprint density at radius 3 is 2.86 bits per heavy atom. The Balaban J connectivity index is 1.86. The van der Waals surface area contributed by atoms with Gasteiger partial charge in [0.15, 0.2) is 5.78 Å². The number of carbonyl (C=O) groups excluding carboxylic acids is 1. The Morgan fingerprint density at radius 1 is 1.32 bits per heavy atom. The molecular weight excluding hydrogens is 319 g/mol. The molecule has 114 valence electrons. The van der Waals surface area contributed by atoms with Crippen LogP contribution in [0.5, 0.6) is 0 Å². The minimum atomic E-state index is -0.0926. The highest BCUT2D eigenvalue weighted by Crippen LogP contribution is 2.37. The van der Waals surface area contributed by atoms with Crippen LogP contribution in [-0.4, -0.2) is 12.9 Å². The molecule has 0 amide bonds. The van der Waals surface area contributed by atoms with Gasteiger partial charge in [0.05, 0.1) is 7.11 Å². The maximum Gasteiger partial charge on any atom is 0.166 e. The van der Waals surface area contributed by atoms with Crippen molar-refractivity contribution in [1.29, 1.82) is 0 Å². The first-order chi connectivity index (χ1) is 10.6. The molecule has 22 heavy (non-hydrogen) atoms. The van der Waals surface area contributed by atoms with Gasteiger partial charge in [-0.05, 0) is 60.3 Å². The summed E-state index contributed by atoms with van der Waals surface area (Å²) < 4.78 is 5.24. The van der Waals surface area contributed by atoms with Crippen molar-refractivity contribution in [2.45, 2.75) is 12.8 Å². The summed E-state index contributed by atoms with van der Waals surface area (Å²) in [5.74, 6) is 1.14. The molecule has 0 bridgehead atoms. The van der Waals surface area contributed by atoms with Crippen molar-refractivity contribution in [3.63, 3.8) is 0 Å². The fourth-order valence-corrected chi connectivity index (χ4v) is 3.46. The smallest absolute Gasteiger partial charge is 0.166 e. The molecule has 0 aromatic heterocycles. The van der Waals surface area contributed by atoms with Crippen LogP contribution < -0.4 is 0 Å². The van der Waals surface area contributed by atoms with E-state index >= 15 is 0 Å². The van der Waals surface area contributed by atoms with Gasteiger partial charge in [-0.15, -0.1) is 0 Å². The molecule has 0 saturated heterocycles. The van der Waals surface area contributed by atoms with E-state index in [1.165, 1.54) is 0 Å². The zero-order chi connectivity index (χ0) is 15.7. The van der Waals surface area contributed by atoms with Crippen molar-refractivity contribution in [3.8, 4) is 0 Å². The second kappa shape index (κ2) is 6.31. The van der Waals surface area contributed by atoms with Crippen molar-refractivity contribution < 1.29 is 9.53 Å². The third kappa shape index (κ3) is 2.99. The number of hydrogen-bond acceptors (Lipinski definition) is 2. The molecule has 1 fully saturated rings. The van der Waals surface area contributed by atoms with E-state index in [2.05, 4.69) is 6.08 Å². The van der Waals surface area contributed by atoms with E-state index in [0.29, 0.717) is 10.0 Å². The Kier molecular flexibility index (Phi) is 4.42. The minimum absolute atomic E-state index is 0.0926. The molecule has 0 heterocycles. The second-order valence-corrected chi connectivity index (χ2v) is 6.40. The number of carbonyl (C=O) groups is 1. The number of ether oxygens (including phenoxy) is 1. The van der Waals surface area contributed by atoms with E-state index in [0.717, 1.165) is 29.7 Å². The second-order valence-electron chi connectivity index (χ2n) is 5.56. The number of fused-ring (bicyclic) bond motifs is 1. The highest BCUT2D eigenvalue weighted by Gasteiger charge is 2.33. The summed E-state index contributed by atoms with van der Waals surface area (Å²) in [6, 6.07) is 5.32. The van der Waals surface area contributed by atoms with Gasteiger partial charge in [-0.2, -0.15) is 0 Å². The summed E-state index contributed by atoms with van der Waals surface area (Å²) in [4.78, 5) is 12.7. The molecule has 2 aliphatic rings. The zero-order valence-electron chi connectivity index (χ0n) is 12.2. The first-order valence-electron chi connectivity index (χ1n) is 7.22. The van der Waals surface area contributed by atoms with Crippen LogP contribution in [0.25, 0.3) is 6.08 Å². The van der Waals surface area contributed by atoms with Crippen molar-refractivity contribution in [2.24, 2.45) is 11.8 Å². The van der Waals surface area contributed by atoms with Crippen molar-refractivity contribution in [1.82, 2.24) is 0 Å². The maximum atomic E-state index is 12.7. The Morgan fingerprint density at radius 2 is 2.14 bits per heavy atom. The van der Waals surface area contributed by atoms with Gasteiger partial charge in [0.2, 0.25) is 0 Å². The quantitative estimate of drug-likeness (QED) is 0.705. The highest BCUT2D eigenvalue weighted by atomic mass is 35.5. The lowest BCUT2D eigenvalue weighted by molar-refractivity contribution is -0.120. The summed E-state index contributed by atoms with van der Waals surface area (Å²) >= 11 is 12.1. The molecule has 2 unspecified atom stereocenters. The minimum Gasteiger partial charge on any atom is -0.497 e. The summed E-state index contributed by atoms with van der Waals surface area (Å²) in [6.07, 6.45) is 9.44. The Labute approximate surface area is 140 Å². The molecule has 0 radical (unpaired) electrons. The number of benzene rings is 1. The number of methoxy groups -OCH3 is 1. The van der Waals surface area contributed by atoms with Crippen LogP contribution >= 0.6 is 23.2 Å². The Hall–Kier alpha value is -1.51. The molecule has 3 rings (SSSR count). The molecule has 2 nitrogen and oxygen atoms in total. The number of rotatable bonds is 2. The Bertz CT molecular complexity index is 701. The van der Waals surface area contributed by atoms with Gasteiger partial charge < -0.3 is 4.74 Å². The van der Waals surface area contributed by atoms with E-state index in [-0.39, 0.29) is 17.6 Å². The van der Waals surface area contributed by atoms with Gasteiger partial charge in [0, 0.05) is 16.0 Å². The van der Waals surface area contributed by atoms with Gasteiger partial charge in [0.25, 0.3) is 0 Å². The molecule has 1 aromatic carbocycles. The van der Waals surface area contributed by atoms with Gasteiger partial charge in [-0.25, -0.2) is 0 Å². The largest absolute Gasteiger partial charge is 0.497 e. The van der Waals surface area contributed by atoms with Crippen molar-refractivity contribution >= 4 is 35.1 Å². The summed E-state index contributed by atoms with van der Waals surface area (Å²) in [7, 11) is 1.65. The normalized spacial score (nSPS) is 25.9. The van der Waals surface area contributed by atoms with Gasteiger partial charge in [0.1, 0.15) is 5.76 Å². The van der Waals surface area contributed by atoms with Crippen LogP contribution in [0.15, 0.2) is 47.8 Å². The first-order valence-corrected chi connectivity index (χ1v) is 7.98. The van der Waals surface area contributed by atoms with Crippen LogP contribution in [0.2, 0.25) is 10.0 Å². The van der Waals surface area contributed by atoms with Crippen LogP contribution in [-0.2, 0) is 9.53 Å². The fourth-order valence-electron chi connectivity index (χ4n) is 3.00. The fraction of sp³-hybridized carbons (Fsp3) is 0.278. The number of halogens is 2. The molecular formula is C18H16Cl2O2. The van der Waals surface area contributed by atoms with E-state index < -0.39 is 0 Å². The predicted molar refractivity (Wildman–Crippen MR) is 89.9 cm³/mol. The number of allylic oxidation sites excluding steroid dienone is 4. The van der Waals surface area contributed by atoms with Crippen LogP contribution in [0, 0.1) is 11.8 Å². The van der Waals surface area contributed by atoms with Gasteiger partial charge in [-0.3, -0.25) is 4.79 Å². The third-order valence-electron chi connectivity index (χ3n) is 4.20. The number of Topliss-reactive ketones (excluding diaryl/α,β-unsaturated/α-hetero) is 1. The molecule has 0 aliphatic heterocycles. The van der Waals surface area contributed by atoms with Gasteiger partial charge in [-0.1, -0.05) is 35.3 Å². The van der Waals surface area contributed by atoms with E-state index in [1.807, 2.05) is 24.3 Å². The van der Waals surface area contributed by atoms with Crippen LogP contribution in [0.1, 0.15) is 18.4 Å². The maximum absolute atomic E-state index is 12.7. The lowest BCUT2D eigenvalue weighted by Gasteiger charge is -2.30. The average Bonchev–Trinajstić information content (AvgIpc) is 2.52. The zero-order valence-corrected chi connectivity index (χ0v) is 13.7. The van der Waals surface area contributed by atoms with E-state index in [4.69, 9.17) is 27.9 Å². The summed E-state index contributed by atoms with van der Waals surface area (Å²) in [5.41, 5.74) is 1.66. The molecule has 1 aromatic rings. The summed E-state index contributed by atoms with van der Waals surface area (Å²) in [6.45, 7) is 0. The molecule has 2 aliphatic carbocycles. The van der Waals surface area contributed by atoms with Gasteiger partial charge >= 0.3 is 0 Å².